The first-order valence-electron chi connectivity index (χ1n) is 9.03. The molecule has 4 rings (SSSR count). The van der Waals surface area contributed by atoms with Crippen LogP contribution in [0.15, 0.2) is 48.8 Å². The summed E-state index contributed by atoms with van der Waals surface area (Å²) in [6.45, 7) is 3.28. The second-order valence-corrected chi connectivity index (χ2v) is 6.98. The number of carbonyl (C=O) groups is 1. The number of fused-ring (bicyclic) bond motifs is 1. The highest BCUT2D eigenvalue weighted by Crippen LogP contribution is 2.23. The van der Waals surface area contributed by atoms with Gasteiger partial charge in [-0.25, -0.2) is 0 Å². The first-order chi connectivity index (χ1) is 12.7. The number of nitrogens with one attached hydrogen (secondary N) is 2. The minimum absolute atomic E-state index is 0.0491. The van der Waals surface area contributed by atoms with E-state index in [0.29, 0.717) is 25.6 Å². The van der Waals surface area contributed by atoms with E-state index in [2.05, 4.69) is 21.4 Å². The Labute approximate surface area is 152 Å². The van der Waals surface area contributed by atoms with Gasteiger partial charge < -0.3 is 15.0 Å². The van der Waals surface area contributed by atoms with Crippen molar-refractivity contribution in [3.05, 3.63) is 65.6 Å². The molecule has 0 radical (unpaired) electrons. The average molecular weight is 349 g/mol. The Morgan fingerprint density at radius 1 is 1.23 bits per heavy atom. The van der Waals surface area contributed by atoms with Gasteiger partial charge in [0, 0.05) is 34.9 Å². The second kappa shape index (κ2) is 7.30. The Bertz CT molecular complexity index is 904. The van der Waals surface area contributed by atoms with Gasteiger partial charge in [-0.2, -0.15) is 0 Å². The lowest BCUT2D eigenvalue weighted by Crippen LogP contribution is -2.41. The number of rotatable bonds is 5. The quantitative estimate of drug-likeness (QED) is 0.744. The number of pyridine rings is 1. The Morgan fingerprint density at radius 2 is 2.04 bits per heavy atom. The molecule has 2 aromatic heterocycles. The van der Waals surface area contributed by atoms with Crippen molar-refractivity contribution in [2.24, 2.45) is 5.92 Å². The summed E-state index contributed by atoms with van der Waals surface area (Å²) in [5.74, 6) is 0.346. The molecule has 1 aliphatic rings. The Hall–Kier alpha value is -2.66. The first kappa shape index (κ1) is 16.8. The van der Waals surface area contributed by atoms with Crippen molar-refractivity contribution in [3.63, 3.8) is 0 Å². The predicted molar refractivity (Wildman–Crippen MR) is 101 cm³/mol. The summed E-state index contributed by atoms with van der Waals surface area (Å²) in [5.41, 5.74) is 4.43. The normalized spacial score (nSPS) is 19.7. The van der Waals surface area contributed by atoms with Crippen molar-refractivity contribution < 1.29 is 9.53 Å². The molecule has 0 spiro atoms. The average Bonchev–Trinajstić information content (AvgIpc) is 3.20. The number of aryl methyl sites for hydroxylation is 1. The van der Waals surface area contributed by atoms with E-state index in [1.165, 1.54) is 5.56 Å². The predicted octanol–water partition coefficient (Wildman–Crippen LogP) is 2.79. The zero-order valence-electron chi connectivity index (χ0n) is 14.9. The van der Waals surface area contributed by atoms with E-state index in [0.717, 1.165) is 28.6 Å². The Morgan fingerprint density at radius 3 is 2.88 bits per heavy atom. The van der Waals surface area contributed by atoms with Gasteiger partial charge in [0.15, 0.2) is 0 Å². The zero-order chi connectivity index (χ0) is 17.9. The van der Waals surface area contributed by atoms with E-state index in [9.17, 15) is 4.79 Å². The molecule has 3 aromatic rings. The molecule has 26 heavy (non-hydrogen) atoms. The van der Waals surface area contributed by atoms with Gasteiger partial charge in [0.25, 0.3) is 0 Å². The van der Waals surface area contributed by atoms with Crippen LogP contribution in [-0.2, 0) is 22.4 Å². The van der Waals surface area contributed by atoms with Crippen LogP contribution in [0.2, 0.25) is 0 Å². The van der Waals surface area contributed by atoms with E-state index >= 15 is 0 Å². The van der Waals surface area contributed by atoms with E-state index < -0.39 is 0 Å². The summed E-state index contributed by atoms with van der Waals surface area (Å²) in [6, 6.07) is 12.2. The molecule has 0 aliphatic carbocycles. The highest BCUT2D eigenvalue weighted by atomic mass is 16.5. The summed E-state index contributed by atoms with van der Waals surface area (Å²) in [4.78, 5) is 20.1. The highest BCUT2D eigenvalue weighted by Gasteiger charge is 2.29. The summed E-state index contributed by atoms with van der Waals surface area (Å²) in [6.07, 6.45) is 4.88. The number of hydrogen-bond donors (Lipinski definition) is 2. The number of H-pyrrole nitrogens is 1. The molecule has 1 aliphatic heterocycles. The van der Waals surface area contributed by atoms with Crippen LogP contribution in [0, 0.1) is 12.8 Å². The molecule has 0 saturated carbocycles. The van der Waals surface area contributed by atoms with Gasteiger partial charge in [-0.1, -0.05) is 18.2 Å². The fourth-order valence-electron chi connectivity index (χ4n) is 3.76. The van der Waals surface area contributed by atoms with Crippen molar-refractivity contribution >= 4 is 16.8 Å². The van der Waals surface area contributed by atoms with Gasteiger partial charge >= 0.3 is 0 Å². The van der Waals surface area contributed by atoms with Gasteiger partial charge in [0.05, 0.1) is 25.7 Å². The van der Waals surface area contributed by atoms with E-state index in [4.69, 9.17) is 4.74 Å². The smallest absolute Gasteiger partial charge is 0.224 e. The number of benzene rings is 1. The van der Waals surface area contributed by atoms with E-state index in [1.54, 1.807) is 12.4 Å². The van der Waals surface area contributed by atoms with Crippen LogP contribution >= 0.6 is 0 Å². The molecule has 134 valence electrons. The van der Waals surface area contributed by atoms with Gasteiger partial charge in [0.1, 0.15) is 0 Å². The lowest BCUT2D eigenvalue weighted by atomic mass is 9.95. The third-order valence-corrected chi connectivity index (χ3v) is 5.16. The van der Waals surface area contributed by atoms with Gasteiger partial charge in [-0.3, -0.25) is 9.78 Å². The van der Waals surface area contributed by atoms with Crippen molar-refractivity contribution in [2.75, 3.05) is 13.2 Å². The van der Waals surface area contributed by atoms with Gasteiger partial charge in [0.2, 0.25) is 5.91 Å². The standard InChI is InChI=1S/C21H23N3O2/c1-14-18(17-4-2-3-5-19(17)23-14)11-21(25)24-20-13-26-12-16(20)10-15-6-8-22-9-7-15/h2-9,16,20,23H,10-13H2,1H3,(H,24,25)/t16-,20+/m1/s1. The minimum atomic E-state index is 0.0491. The topological polar surface area (TPSA) is 67.0 Å². The zero-order valence-corrected chi connectivity index (χ0v) is 14.9. The summed E-state index contributed by atoms with van der Waals surface area (Å²) < 4.78 is 5.64. The Kier molecular flexibility index (Phi) is 4.71. The molecule has 0 unspecified atom stereocenters. The van der Waals surface area contributed by atoms with Crippen LogP contribution in [0.25, 0.3) is 10.9 Å². The molecule has 1 aromatic carbocycles. The van der Waals surface area contributed by atoms with Crippen LogP contribution in [0.1, 0.15) is 16.8 Å². The molecule has 5 nitrogen and oxygen atoms in total. The molecule has 5 heteroatoms. The van der Waals surface area contributed by atoms with Crippen LogP contribution < -0.4 is 5.32 Å². The number of hydrogen-bond acceptors (Lipinski definition) is 3. The maximum atomic E-state index is 12.7. The van der Waals surface area contributed by atoms with Gasteiger partial charge in [-0.05, 0) is 42.7 Å². The van der Waals surface area contributed by atoms with E-state index in [1.807, 2.05) is 37.3 Å². The lowest BCUT2D eigenvalue weighted by molar-refractivity contribution is -0.121. The third kappa shape index (κ3) is 3.48. The number of carbonyl (C=O) groups excluding carboxylic acids is 1. The fourth-order valence-corrected chi connectivity index (χ4v) is 3.76. The largest absolute Gasteiger partial charge is 0.379 e. The summed E-state index contributed by atoms with van der Waals surface area (Å²) >= 11 is 0. The minimum Gasteiger partial charge on any atom is -0.379 e. The van der Waals surface area contributed by atoms with Crippen molar-refractivity contribution in [2.45, 2.75) is 25.8 Å². The molecule has 2 atom stereocenters. The molecule has 1 fully saturated rings. The SMILES string of the molecule is Cc1[nH]c2ccccc2c1CC(=O)N[C@H]1COC[C@H]1Cc1ccncc1. The van der Waals surface area contributed by atoms with Crippen molar-refractivity contribution in [1.29, 1.82) is 0 Å². The lowest BCUT2D eigenvalue weighted by Gasteiger charge is -2.19. The molecule has 1 amide bonds. The number of aromatic nitrogens is 2. The molecule has 0 bridgehead atoms. The summed E-state index contributed by atoms with van der Waals surface area (Å²) in [7, 11) is 0. The molecular weight excluding hydrogens is 326 g/mol. The molecule has 1 saturated heterocycles. The van der Waals surface area contributed by atoms with Crippen LogP contribution in [0.4, 0.5) is 0 Å². The fraction of sp³-hybridized carbons (Fsp3) is 0.333. The van der Waals surface area contributed by atoms with Crippen LogP contribution in [0.3, 0.4) is 0 Å². The summed E-state index contributed by atoms with van der Waals surface area (Å²) in [5, 5.41) is 4.31. The van der Waals surface area contributed by atoms with Crippen molar-refractivity contribution in [3.8, 4) is 0 Å². The monoisotopic (exact) mass is 349 g/mol. The van der Waals surface area contributed by atoms with Crippen LogP contribution in [0.5, 0.6) is 0 Å². The number of ether oxygens (including phenoxy) is 1. The Balaban J connectivity index is 1.43. The number of amides is 1. The maximum Gasteiger partial charge on any atom is 0.224 e. The van der Waals surface area contributed by atoms with Crippen LogP contribution in [-0.4, -0.2) is 35.1 Å². The number of aromatic amines is 1. The van der Waals surface area contributed by atoms with E-state index in [-0.39, 0.29) is 11.9 Å². The molecule has 3 heterocycles. The number of para-hydroxylation sites is 1. The van der Waals surface area contributed by atoms with Crippen molar-refractivity contribution in [1.82, 2.24) is 15.3 Å². The molecule has 2 N–H and O–H groups in total. The first-order valence-corrected chi connectivity index (χ1v) is 9.03. The maximum absolute atomic E-state index is 12.7. The second-order valence-electron chi connectivity index (χ2n) is 6.98. The third-order valence-electron chi connectivity index (χ3n) is 5.16. The highest BCUT2D eigenvalue weighted by molar-refractivity contribution is 5.90. The number of nitrogens with zero attached hydrogens (tertiary/aromatic N) is 1. The van der Waals surface area contributed by atoms with Gasteiger partial charge in [-0.15, -0.1) is 0 Å². The molecular formula is C21H23N3O2.